The first-order valence-corrected chi connectivity index (χ1v) is 11.2. The maximum absolute atomic E-state index is 14.4. The summed E-state index contributed by atoms with van der Waals surface area (Å²) in [5.41, 5.74) is 2.41. The molecule has 1 aliphatic heterocycles. The van der Waals surface area contributed by atoms with Gasteiger partial charge in [0.05, 0.1) is 16.2 Å². The number of benzene rings is 2. The fourth-order valence-electron chi connectivity index (χ4n) is 4.61. The molecule has 0 bridgehead atoms. The van der Waals surface area contributed by atoms with E-state index < -0.39 is 5.82 Å². The van der Waals surface area contributed by atoms with Crippen LogP contribution in [0.5, 0.6) is 0 Å². The standard InChI is InChI=1S/C26H22ClFN4O/c1-3-17(33)9-16-10-19-24(11-15(16)7-8-18-20-12-32(2)13-21(18)20)29-14-30-26(19)31-23-6-4-5-22(27)25(23)28/h3-6,10-11,14,18,20-21H,1,9,12-13H2,2H3,(H,29,30,31)/t18?,20-,21+. The molecule has 3 aromatic rings. The Balaban J connectivity index is 1.53. The molecule has 0 radical (unpaired) electrons. The Morgan fingerprint density at radius 1 is 1.33 bits per heavy atom. The topological polar surface area (TPSA) is 58.1 Å². The summed E-state index contributed by atoms with van der Waals surface area (Å²) < 4.78 is 14.4. The Bertz CT molecular complexity index is 1330. The van der Waals surface area contributed by atoms with E-state index in [0.717, 1.165) is 24.2 Å². The number of fused-ring (bicyclic) bond motifs is 2. The zero-order valence-electron chi connectivity index (χ0n) is 18.1. The summed E-state index contributed by atoms with van der Waals surface area (Å²) in [5.74, 6) is 8.20. The van der Waals surface area contributed by atoms with Crippen molar-refractivity contribution in [2.24, 2.45) is 17.8 Å². The number of piperidine rings is 1. The van der Waals surface area contributed by atoms with Gasteiger partial charge in [-0.1, -0.05) is 36.1 Å². The Kier molecular flexibility index (Phi) is 5.61. The van der Waals surface area contributed by atoms with Crippen LogP contribution in [0.25, 0.3) is 10.9 Å². The highest BCUT2D eigenvalue weighted by atomic mass is 35.5. The zero-order valence-corrected chi connectivity index (χ0v) is 18.9. The van der Waals surface area contributed by atoms with Crippen molar-refractivity contribution in [1.29, 1.82) is 0 Å². The first-order chi connectivity index (χ1) is 15.9. The largest absolute Gasteiger partial charge is 0.337 e. The third kappa shape index (κ3) is 4.22. The second-order valence-corrected chi connectivity index (χ2v) is 9.07. The van der Waals surface area contributed by atoms with Gasteiger partial charge in [0, 0.05) is 36.4 Å². The Morgan fingerprint density at radius 2 is 2.12 bits per heavy atom. The van der Waals surface area contributed by atoms with E-state index in [1.807, 2.05) is 12.1 Å². The van der Waals surface area contributed by atoms with Crippen LogP contribution in [0.15, 0.2) is 49.3 Å². The van der Waals surface area contributed by atoms with E-state index in [0.29, 0.717) is 34.5 Å². The van der Waals surface area contributed by atoms with Crippen LogP contribution < -0.4 is 5.32 Å². The van der Waals surface area contributed by atoms with Crippen LogP contribution >= 0.6 is 11.6 Å². The number of hydrogen-bond donors (Lipinski definition) is 1. The van der Waals surface area contributed by atoms with Crippen LogP contribution in [0.3, 0.4) is 0 Å². The predicted octanol–water partition coefficient (Wildman–Crippen LogP) is 4.62. The predicted molar refractivity (Wildman–Crippen MR) is 128 cm³/mol. The fourth-order valence-corrected chi connectivity index (χ4v) is 4.78. The SMILES string of the molecule is C=CC(=O)Cc1cc2c(Nc3cccc(Cl)c3F)ncnc2cc1C#CC1[C@H]2CN(C)C[C@@H]12. The summed E-state index contributed by atoms with van der Waals surface area (Å²) in [4.78, 5) is 23.2. The van der Waals surface area contributed by atoms with Gasteiger partial charge in [-0.25, -0.2) is 14.4 Å². The summed E-state index contributed by atoms with van der Waals surface area (Å²) in [6.07, 6.45) is 2.90. The maximum Gasteiger partial charge on any atom is 0.165 e. The van der Waals surface area contributed by atoms with E-state index in [-0.39, 0.29) is 22.9 Å². The molecular formula is C26H22ClFN4O. The van der Waals surface area contributed by atoms with Crippen LogP contribution in [0.1, 0.15) is 11.1 Å². The number of anilines is 2. The van der Waals surface area contributed by atoms with Crippen LogP contribution in [0, 0.1) is 35.4 Å². The molecule has 1 aromatic heterocycles. The molecule has 1 saturated carbocycles. The highest BCUT2D eigenvalue weighted by Gasteiger charge is 2.53. The fraction of sp³-hybridized carbons (Fsp3) is 0.269. The van der Waals surface area contributed by atoms with Crippen molar-refractivity contribution in [3.63, 3.8) is 0 Å². The lowest BCUT2D eigenvalue weighted by molar-refractivity contribution is -0.114. The molecule has 2 aliphatic rings. The first-order valence-electron chi connectivity index (χ1n) is 10.8. The van der Waals surface area contributed by atoms with Crippen molar-refractivity contribution in [1.82, 2.24) is 14.9 Å². The molecule has 0 spiro atoms. The summed E-state index contributed by atoms with van der Waals surface area (Å²) in [6.45, 7) is 5.77. The highest BCUT2D eigenvalue weighted by molar-refractivity contribution is 6.31. The molecule has 1 aliphatic carbocycles. The minimum absolute atomic E-state index is 0.0178. The van der Waals surface area contributed by atoms with Crippen LogP contribution in [0.2, 0.25) is 5.02 Å². The number of carbonyl (C=O) groups excluding carboxylic acids is 1. The molecule has 2 heterocycles. The third-order valence-corrected chi connectivity index (χ3v) is 6.70. The number of nitrogens with zero attached hydrogens (tertiary/aromatic N) is 3. The van der Waals surface area contributed by atoms with Crippen molar-refractivity contribution in [3.8, 4) is 11.8 Å². The lowest BCUT2D eigenvalue weighted by Crippen LogP contribution is -2.18. The smallest absolute Gasteiger partial charge is 0.165 e. The average Bonchev–Trinajstić information content (AvgIpc) is 3.27. The van der Waals surface area contributed by atoms with Gasteiger partial charge in [0.2, 0.25) is 0 Å². The van der Waals surface area contributed by atoms with Crippen molar-refractivity contribution >= 4 is 39.8 Å². The van der Waals surface area contributed by atoms with E-state index in [4.69, 9.17) is 11.6 Å². The van der Waals surface area contributed by atoms with E-state index >= 15 is 0 Å². The van der Waals surface area contributed by atoms with Gasteiger partial charge < -0.3 is 10.2 Å². The molecule has 3 atom stereocenters. The number of aromatic nitrogens is 2. The van der Waals surface area contributed by atoms with Gasteiger partial charge in [0.25, 0.3) is 0 Å². The Labute approximate surface area is 196 Å². The summed E-state index contributed by atoms with van der Waals surface area (Å²) in [5, 5.41) is 3.69. The van der Waals surface area contributed by atoms with E-state index in [1.54, 1.807) is 12.1 Å². The van der Waals surface area contributed by atoms with Crippen molar-refractivity contribution in [3.05, 3.63) is 71.3 Å². The molecule has 0 amide bonds. The van der Waals surface area contributed by atoms with Crippen LogP contribution in [-0.2, 0) is 11.2 Å². The zero-order chi connectivity index (χ0) is 23.1. The molecule has 33 heavy (non-hydrogen) atoms. The molecule has 1 unspecified atom stereocenters. The second-order valence-electron chi connectivity index (χ2n) is 8.67. The minimum Gasteiger partial charge on any atom is -0.337 e. The lowest BCUT2D eigenvalue weighted by Gasteiger charge is -2.12. The third-order valence-electron chi connectivity index (χ3n) is 6.41. The molecule has 5 nitrogen and oxygen atoms in total. The molecular weight excluding hydrogens is 439 g/mol. The van der Waals surface area contributed by atoms with E-state index in [2.05, 4.69) is 45.7 Å². The second kappa shape index (κ2) is 8.58. The maximum atomic E-state index is 14.4. The molecule has 2 aromatic carbocycles. The number of allylic oxidation sites excluding steroid dienone is 1. The number of hydrogen-bond acceptors (Lipinski definition) is 5. The number of rotatable bonds is 5. The molecule has 5 rings (SSSR count). The van der Waals surface area contributed by atoms with Crippen molar-refractivity contribution in [2.75, 3.05) is 25.5 Å². The van der Waals surface area contributed by atoms with E-state index in [9.17, 15) is 9.18 Å². The van der Waals surface area contributed by atoms with Gasteiger partial charge >= 0.3 is 0 Å². The van der Waals surface area contributed by atoms with E-state index in [1.165, 1.54) is 18.5 Å². The van der Waals surface area contributed by atoms with Gasteiger partial charge in [-0.2, -0.15) is 0 Å². The Morgan fingerprint density at radius 3 is 2.88 bits per heavy atom. The molecule has 1 N–H and O–H groups in total. The van der Waals surface area contributed by atoms with Gasteiger partial charge in [-0.3, -0.25) is 4.79 Å². The number of carbonyl (C=O) groups is 1. The highest BCUT2D eigenvalue weighted by Crippen LogP contribution is 2.50. The molecule has 7 heteroatoms. The van der Waals surface area contributed by atoms with Crippen LogP contribution in [0.4, 0.5) is 15.9 Å². The van der Waals surface area contributed by atoms with Gasteiger partial charge in [-0.05, 0) is 54.8 Å². The summed E-state index contributed by atoms with van der Waals surface area (Å²) in [6, 6.07) is 8.45. The minimum atomic E-state index is -0.559. The Hall–Kier alpha value is -3.27. The lowest BCUT2D eigenvalue weighted by atomic mass is 9.99. The molecule has 2 fully saturated rings. The summed E-state index contributed by atoms with van der Waals surface area (Å²) in [7, 11) is 2.14. The van der Waals surface area contributed by atoms with Gasteiger partial charge in [0.1, 0.15) is 12.1 Å². The van der Waals surface area contributed by atoms with Crippen molar-refractivity contribution in [2.45, 2.75) is 6.42 Å². The number of likely N-dealkylation sites (tertiary alicyclic amines) is 1. The van der Waals surface area contributed by atoms with Crippen molar-refractivity contribution < 1.29 is 9.18 Å². The monoisotopic (exact) mass is 460 g/mol. The summed E-state index contributed by atoms with van der Waals surface area (Å²) >= 11 is 5.91. The quantitative estimate of drug-likeness (QED) is 0.444. The van der Waals surface area contributed by atoms with Crippen LogP contribution in [-0.4, -0.2) is 40.8 Å². The van der Waals surface area contributed by atoms with Gasteiger partial charge in [0.15, 0.2) is 11.6 Å². The number of ketones is 1. The number of nitrogens with one attached hydrogen (secondary N) is 1. The average molecular weight is 461 g/mol. The normalized spacial score (nSPS) is 21.2. The van der Waals surface area contributed by atoms with Gasteiger partial charge in [-0.15, -0.1) is 0 Å². The molecule has 1 saturated heterocycles. The molecule has 166 valence electrons. The number of halogens is 2. The first kappa shape index (κ1) is 21.6.